The number of alkyl halides is 3. The molecular formula is C17H21F3N2O2. The van der Waals surface area contributed by atoms with Gasteiger partial charge in [-0.05, 0) is 30.0 Å². The molecule has 1 heterocycles. The molecule has 2 amide bonds. The zero-order chi connectivity index (χ0) is 17.9. The summed E-state index contributed by atoms with van der Waals surface area (Å²) >= 11 is 0. The predicted molar refractivity (Wildman–Crippen MR) is 82.9 cm³/mol. The normalized spacial score (nSPS) is 19.8. The van der Waals surface area contributed by atoms with E-state index in [-0.39, 0.29) is 36.6 Å². The van der Waals surface area contributed by atoms with Gasteiger partial charge in [0.2, 0.25) is 11.8 Å². The summed E-state index contributed by atoms with van der Waals surface area (Å²) in [4.78, 5) is 23.6. The highest BCUT2D eigenvalue weighted by Gasteiger charge is 2.32. The fourth-order valence-electron chi connectivity index (χ4n) is 2.77. The van der Waals surface area contributed by atoms with E-state index in [1.54, 1.807) is 6.07 Å². The summed E-state index contributed by atoms with van der Waals surface area (Å²) in [5, 5.41) is 5.47. The number of hydrogen-bond acceptors (Lipinski definition) is 2. The van der Waals surface area contributed by atoms with Crippen molar-refractivity contribution in [3.8, 4) is 0 Å². The molecule has 2 unspecified atom stereocenters. The van der Waals surface area contributed by atoms with Crippen molar-refractivity contribution in [3.63, 3.8) is 0 Å². The molecule has 0 radical (unpaired) electrons. The highest BCUT2D eigenvalue weighted by molar-refractivity contribution is 5.84. The number of rotatable bonds is 4. The maximum atomic E-state index is 12.9. The quantitative estimate of drug-likeness (QED) is 0.884. The van der Waals surface area contributed by atoms with Crippen molar-refractivity contribution in [2.75, 3.05) is 6.54 Å². The Hall–Kier alpha value is -2.05. The number of nitrogens with one attached hydrogen (secondary N) is 2. The molecule has 4 nitrogen and oxygen atoms in total. The van der Waals surface area contributed by atoms with Gasteiger partial charge in [-0.15, -0.1) is 0 Å². The Morgan fingerprint density at radius 3 is 2.58 bits per heavy atom. The molecule has 1 aliphatic rings. The van der Waals surface area contributed by atoms with Crippen LogP contribution in [0.2, 0.25) is 0 Å². The molecule has 0 aliphatic carbocycles. The molecule has 132 valence electrons. The molecule has 1 fully saturated rings. The average molecular weight is 342 g/mol. The molecule has 1 aliphatic heterocycles. The third kappa shape index (κ3) is 4.49. The minimum absolute atomic E-state index is 0.0735. The maximum absolute atomic E-state index is 12.9. The van der Waals surface area contributed by atoms with E-state index in [9.17, 15) is 22.8 Å². The molecule has 1 saturated heterocycles. The van der Waals surface area contributed by atoms with Gasteiger partial charge in [-0.3, -0.25) is 9.59 Å². The largest absolute Gasteiger partial charge is 0.416 e. The Balaban J connectivity index is 2.15. The highest BCUT2D eigenvalue weighted by Crippen LogP contribution is 2.32. The van der Waals surface area contributed by atoms with Gasteiger partial charge in [-0.1, -0.05) is 26.0 Å². The van der Waals surface area contributed by atoms with E-state index < -0.39 is 17.8 Å². The van der Waals surface area contributed by atoms with Crippen LogP contribution in [0.3, 0.4) is 0 Å². The number of benzene rings is 1. The van der Waals surface area contributed by atoms with Gasteiger partial charge >= 0.3 is 6.18 Å². The summed E-state index contributed by atoms with van der Waals surface area (Å²) in [6.45, 7) is 3.94. The van der Waals surface area contributed by atoms with Crippen molar-refractivity contribution < 1.29 is 22.8 Å². The van der Waals surface area contributed by atoms with Gasteiger partial charge in [-0.2, -0.15) is 13.2 Å². The third-order valence-corrected chi connectivity index (χ3v) is 4.17. The van der Waals surface area contributed by atoms with Crippen LogP contribution < -0.4 is 10.6 Å². The van der Waals surface area contributed by atoms with Gasteiger partial charge in [0.25, 0.3) is 0 Å². The van der Waals surface area contributed by atoms with Crippen LogP contribution in [0.25, 0.3) is 0 Å². The van der Waals surface area contributed by atoms with E-state index in [2.05, 4.69) is 10.6 Å². The Morgan fingerprint density at radius 1 is 1.33 bits per heavy atom. The smallest absolute Gasteiger partial charge is 0.355 e. The summed E-state index contributed by atoms with van der Waals surface area (Å²) in [6, 6.07) is 4.51. The molecule has 0 saturated carbocycles. The molecule has 2 atom stereocenters. The number of carbonyl (C=O) groups excluding carboxylic acids is 2. The van der Waals surface area contributed by atoms with Crippen molar-refractivity contribution in [2.45, 2.75) is 38.9 Å². The number of amides is 2. The second-order valence-electron chi connectivity index (χ2n) is 6.39. The molecule has 7 heteroatoms. The molecule has 0 spiro atoms. The minimum atomic E-state index is -4.42. The molecule has 1 aromatic rings. The van der Waals surface area contributed by atoms with Gasteiger partial charge in [0.1, 0.15) is 0 Å². The zero-order valence-electron chi connectivity index (χ0n) is 13.6. The van der Waals surface area contributed by atoms with Crippen molar-refractivity contribution >= 4 is 11.8 Å². The van der Waals surface area contributed by atoms with Crippen LogP contribution in [0.15, 0.2) is 24.3 Å². The molecule has 24 heavy (non-hydrogen) atoms. The maximum Gasteiger partial charge on any atom is 0.416 e. The van der Waals surface area contributed by atoms with E-state index in [1.807, 2.05) is 13.8 Å². The zero-order valence-corrected chi connectivity index (χ0v) is 13.6. The standard InChI is InChI=1S/C17H21F3N2O2/c1-10(2)15(11-4-3-5-13(8-11)17(18,19)20)22-16(24)12-6-7-14(23)21-9-12/h3-5,8,10,12,15H,6-7,9H2,1-2H3,(H,21,23)(H,22,24). The summed E-state index contributed by atoms with van der Waals surface area (Å²) in [5.74, 6) is -0.756. The molecule has 1 aromatic carbocycles. The Kier molecular flexibility index (Phi) is 5.51. The van der Waals surface area contributed by atoms with Crippen LogP contribution in [-0.4, -0.2) is 18.4 Å². The lowest BCUT2D eigenvalue weighted by Crippen LogP contribution is -2.44. The molecule has 0 bridgehead atoms. The van der Waals surface area contributed by atoms with Crippen LogP contribution in [0, 0.1) is 11.8 Å². The Labute approximate surface area is 138 Å². The van der Waals surface area contributed by atoms with E-state index in [1.165, 1.54) is 6.07 Å². The minimum Gasteiger partial charge on any atom is -0.355 e. The number of hydrogen-bond donors (Lipinski definition) is 2. The van der Waals surface area contributed by atoms with Crippen molar-refractivity contribution in [2.24, 2.45) is 11.8 Å². The molecular weight excluding hydrogens is 321 g/mol. The van der Waals surface area contributed by atoms with Crippen molar-refractivity contribution in [3.05, 3.63) is 35.4 Å². The van der Waals surface area contributed by atoms with E-state index in [0.717, 1.165) is 12.1 Å². The average Bonchev–Trinajstić information content (AvgIpc) is 2.52. The summed E-state index contributed by atoms with van der Waals surface area (Å²) < 4.78 is 38.7. The van der Waals surface area contributed by atoms with Gasteiger partial charge < -0.3 is 10.6 Å². The van der Waals surface area contributed by atoms with Gasteiger partial charge in [-0.25, -0.2) is 0 Å². The SMILES string of the molecule is CC(C)C(NC(=O)C1CCC(=O)NC1)c1cccc(C(F)(F)F)c1. The number of piperidine rings is 1. The van der Waals surface area contributed by atoms with Crippen LogP contribution in [-0.2, 0) is 15.8 Å². The lowest BCUT2D eigenvalue weighted by molar-refractivity contribution is -0.137. The van der Waals surface area contributed by atoms with E-state index >= 15 is 0 Å². The number of carbonyl (C=O) groups is 2. The second kappa shape index (κ2) is 7.23. The van der Waals surface area contributed by atoms with E-state index in [4.69, 9.17) is 0 Å². The Bertz CT molecular complexity index is 604. The van der Waals surface area contributed by atoms with Gasteiger partial charge in [0, 0.05) is 13.0 Å². The lowest BCUT2D eigenvalue weighted by atomic mass is 9.92. The second-order valence-corrected chi connectivity index (χ2v) is 6.39. The first kappa shape index (κ1) is 18.3. The molecule has 0 aromatic heterocycles. The first-order chi connectivity index (χ1) is 11.2. The summed E-state index contributed by atoms with van der Waals surface area (Å²) in [6.07, 6.45) is -3.69. The van der Waals surface area contributed by atoms with Crippen LogP contribution in [0.1, 0.15) is 43.9 Å². The number of halogens is 3. The van der Waals surface area contributed by atoms with Gasteiger partial charge in [0.15, 0.2) is 0 Å². The Morgan fingerprint density at radius 2 is 2.04 bits per heavy atom. The van der Waals surface area contributed by atoms with Crippen LogP contribution in [0.4, 0.5) is 13.2 Å². The molecule has 2 rings (SSSR count). The third-order valence-electron chi connectivity index (χ3n) is 4.17. The van der Waals surface area contributed by atoms with E-state index in [0.29, 0.717) is 12.0 Å². The first-order valence-electron chi connectivity index (χ1n) is 7.92. The van der Waals surface area contributed by atoms with Crippen molar-refractivity contribution in [1.29, 1.82) is 0 Å². The fourth-order valence-corrected chi connectivity index (χ4v) is 2.77. The molecule has 2 N–H and O–H groups in total. The highest BCUT2D eigenvalue weighted by atomic mass is 19.4. The lowest BCUT2D eigenvalue weighted by Gasteiger charge is -2.28. The predicted octanol–water partition coefficient (Wildman–Crippen LogP) is 3.04. The topological polar surface area (TPSA) is 58.2 Å². The van der Waals surface area contributed by atoms with Gasteiger partial charge in [0.05, 0.1) is 17.5 Å². The summed E-state index contributed by atoms with van der Waals surface area (Å²) in [7, 11) is 0. The fraction of sp³-hybridized carbons (Fsp3) is 0.529. The monoisotopic (exact) mass is 342 g/mol. The first-order valence-corrected chi connectivity index (χ1v) is 7.92. The summed E-state index contributed by atoms with van der Waals surface area (Å²) in [5.41, 5.74) is -0.308. The van der Waals surface area contributed by atoms with Crippen LogP contribution >= 0.6 is 0 Å². The van der Waals surface area contributed by atoms with Crippen molar-refractivity contribution in [1.82, 2.24) is 10.6 Å². The van der Waals surface area contributed by atoms with Crippen LogP contribution in [0.5, 0.6) is 0 Å².